The van der Waals surface area contributed by atoms with Crippen LogP contribution in [-0.2, 0) is 6.42 Å². The normalized spacial score (nSPS) is 10.9. The molecule has 1 rings (SSSR count). The summed E-state index contributed by atoms with van der Waals surface area (Å²) in [6, 6.07) is 4.99. The molecule has 3 nitrogen and oxygen atoms in total. The van der Waals surface area contributed by atoms with E-state index in [9.17, 15) is 4.39 Å². The molecule has 0 aromatic heterocycles. The summed E-state index contributed by atoms with van der Waals surface area (Å²) in [5.74, 6) is 1.61. The number of hydrogen-bond donors (Lipinski definition) is 2. The summed E-state index contributed by atoms with van der Waals surface area (Å²) in [5, 5.41) is 6.37. The molecular formula is C13H20BrFIN3S. The molecule has 2 N–H and O–H groups in total. The highest BCUT2D eigenvalue weighted by atomic mass is 127. The van der Waals surface area contributed by atoms with E-state index in [2.05, 4.69) is 37.8 Å². The summed E-state index contributed by atoms with van der Waals surface area (Å²) < 4.78 is 14.4. The fraction of sp³-hybridized carbons (Fsp3) is 0.462. The minimum Gasteiger partial charge on any atom is -0.356 e. The Kier molecular flexibility index (Phi) is 11.6. The third-order valence-electron chi connectivity index (χ3n) is 2.52. The maximum atomic E-state index is 13.5. The van der Waals surface area contributed by atoms with Gasteiger partial charge in [-0.2, -0.15) is 11.8 Å². The second-order valence-corrected chi connectivity index (χ2v) is 5.81. The van der Waals surface area contributed by atoms with Crippen LogP contribution in [0.4, 0.5) is 4.39 Å². The van der Waals surface area contributed by atoms with E-state index in [1.165, 1.54) is 6.07 Å². The lowest BCUT2D eigenvalue weighted by Crippen LogP contribution is -2.39. The summed E-state index contributed by atoms with van der Waals surface area (Å²) >= 11 is 5.13. The van der Waals surface area contributed by atoms with E-state index in [4.69, 9.17) is 0 Å². The third-order valence-corrected chi connectivity index (χ3v) is 3.62. The number of nitrogens with one attached hydrogen (secondary N) is 2. The van der Waals surface area contributed by atoms with Gasteiger partial charge in [-0.1, -0.05) is 15.9 Å². The summed E-state index contributed by atoms with van der Waals surface area (Å²) in [7, 11) is 1.73. The van der Waals surface area contributed by atoms with Crippen molar-refractivity contribution in [2.45, 2.75) is 6.42 Å². The molecule has 0 spiro atoms. The fourth-order valence-corrected chi connectivity index (χ4v) is 2.26. The zero-order chi connectivity index (χ0) is 14.1. The monoisotopic (exact) mass is 475 g/mol. The van der Waals surface area contributed by atoms with Gasteiger partial charge in [-0.15, -0.1) is 24.0 Å². The zero-order valence-electron chi connectivity index (χ0n) is 11.6. The molecule has 0 aliphatic rings. The lowest BCUT2D eigenvalue weighted by atomic mass is 10.1. The number of halogens is 3. The molecule has 114 valence electrons. The first kappa shape index (κ1) is 20.0. The van der Waals surface area contributed by atoms with Crippen LogP contribution < -0.4 is 10.6 Å². The standard InChI is InChI=1S/C13H19BrFN3S.HI/c1-16-13(18-7-8-19-2)17-6-5-10-9-11(14)3-4-12(10)15;/h3-4,9H,5-8H2,1-2H3,(H2,16,17,18);1H. The summed E-state index contributed by atoms with van der Waals surface area (Å²) in [5.41, 5.74) is 0.696. The highest BCUT2D eigenvalue weighted by Gasteiger charge is 2.03. The molecule has 7 heteroatoms. The van der Waals surface area contributed by atoms with Gasteiger partial charge in [0.05, 0.1) is 0 Å². The zero-order valence-corrected chi connectivity index (χ0v) is 16.3. The quantitative estimate of drug-likeness (QED) is 0.287. The predicted molar refractivity (Wildman–Crippen MR) is 101 cm³/mol. The molecule has 0 bridgehead atoms. The first-order chi connectivity index (χ1) is 9.17. The van der Waals surface area contributed by atoms with Gasteiger partial charge in [-0.3, -0.25) is 4.99 Å². The molecule has 0 unspecified atom stereocenters. The van der Waals surface area contributed by atoms with Gasteiger partial charge >= 0.3 is 0 Å². The number of hydrogen-bond acceptors (Lipinski definition) is 2. The van der Waals surface area contributed by atoms with Crippen LogP contribution in [0.1, 0.15) is 5.56 Å². The molecule has 0 radical (unpaired) electrons. The maximum absolute atomic E-state index is 13.5. The summed E-state index contributed by atoms with van der Waals surface area (Å²) in [6.07, 6.45) is 2.68. The molecule has 1 aromatic rings. The molecule has 0 fully saturated rings. The second kappa shape index (κ2) is 11.6. The van der Waals surface area contributed by atoms with Crippen LogP contribution in [0.5, 0.6) is 0 Å². The Labute approximate surface area is 149 Å². The summed E-state index contributed by atoms with van der Waals surface area (Å²) in [4.78, 5) is 4.11. The number of rotatable bonds is 6. The van der Waals surface area contributed by atoms with Crippen molar-refractivity contribution < 1.29 is 4.39 Å². The minimum absolute atomic E-state index is 0. The van der Waals surface area contributed by atoms with Gasteiger partial charge in [0.1, 0.15) is 5.82 Å². The number of benzene rings is 1. The molecular weight excluding hydrogens is 456 g/mol. The molecule has 0 saturated carbocycles. The van der Waals surface area contributed by atoms with E-state index in [1.807, 2.05) is 0 Å². The van der Waals surface area contributed by atoms with Crippen molar-refractivity contribution >= 4 is 57.6 Å². The predicted octanol–water partition coefficient (Wildman–Crippen LogP) is 3.28. The third kappa shape index (κ3) is 7.68. The van der Waals surface area contributed by atoms with E-state index < -0.39 is 0 Å². The largest absolute Gasteiger partial charge is 0.356 e. The van der Waals surface area contributed by atoms with Crippen LogP contribution in [0, 0.1) is 5.82 Å². The van der Waals surface area contributed by atoms with Crippen molar-refractivity contribution in [3.05, 3.63) is 34.1 Å². The average Bonchev–Trinajstić information content (AvgIpc) is 2.41. The van der Waals surface area contributed by atoms with Gasteiger partial charge in [0.2, 0.25) is 0 Å². The number of nitrogens with zero attached hydrogens (tertiary/aromatic N) is 1. The Hall–Kier alpha value is -0.0200. The first-order valence-corrected chi connectivity index (χ1v) is 8.23. The van der Waals surface area contributed by atoms with Gasteiger partial charge in [-0.05, 0) is 36.4 Å². The summed E-state index contributed by atoms with van der Waals surface area (Å²) in [6.45, 7) is 1.51. The Morgan fingerprint density at radius 3 is 2.70 bits per heavy atom. The fourth-order valence-electron chi connectivity index (χ4n) is 1.54. The molecule has 0 aliphatic carbocycles. The van der Waals surface area contributed by atoms with E-state index in [1.54, 1.807) is 30.9 Å². The number of guanidine groups is 1. The smallest absolute Gasteiger partial charge is 0.191 e. The van der Waals surface area contributed by atoms with Crippen molar-refractivity contribution in [2.24, 2.45) is 4.99 Å². The van der Waals surface area contributed by atoms with Crippen LogP contribution in [0.15, 0.2) is 27.7 Å². The minimum atomic E-state index is -0.171. The maximum Gasteiger partial charge on any atom is 0.191 e. The average molecular weight is 476 g/mol. The topological polar surface area (TPSA) is 36.4 Å². The van der Waals surface area contributed by atoms with E-state index >= 15 is 0 Å². The van der Waals surface area contributed by atoms with Crippen molar-refractivity contribution in [1.82, 2.24) is 10.6 Å². The SMILES string of the molecule is CN=C(NCCSC)NCCc1cc(Br)ccc1F.I. The van der Waals surface area contributed by atoms with E-state index in [0.717, 1.165) is 22.7 Å². The van der Waals surface area contributed by atoms with Crippen LogP contribution in [0.3, 0.4) is 0 Å². The van der Waals surface area contributed by atoms with Gasteiger partial charge < -0.3 is 10.6 Å². The van der Waals surface area contributed by atoms with Crippen molar-refractivity contribution in [2.75, 3.05) is 32.1 Å². The lowest BCUT2D eigenvalue weighted by molar-refractivity contribution is 0.606. The molecule has 0 amide bonds. The molecule has 0 saturated heterocycles. The van der Waals surface area contributed by atoms with Crippen LogP contribution >= 0.6 is 51.7 Å². The van der Waals surface area contributed by atoms with Gasteiger partial charge in [0.25, 0.3) is 0 Å². The van der Waals surface area contributed by atoms with Crippen LogP contribution in [0.2, 0.25) is 0 Å². The Bertz CT molecular complexity index is 432. The lowest BCUT2D eigenvalue weighted by Gasteiger charge is -2.11. The molecule has 1 aromatic carbocycles. The first-order valence-electron chi connectivity index (χ1n) is 6.04. The highest BCUT2D eigenvalue weighted by Crippen LogP contribution is 2.15. The van der Waals surface area contributed by atoms with E-state index in [-0.39, 0.29) is 29.8 Å². The van der Waals surface area contributed by atoms with Gasteiger partial charge in [0.15, 0.2) is 5.96 Å². The molecule has 0 aliphatic heterocycles. The number of aliphatic imine (C=N–C) groups is 1. The van der Waals surface area contributed by atoms with Crippen molar-refractivity contribution in [3.8, 4) is 0 Å². The van der Waals surface area contributed by atoms with Crippen molar-refractivity contribution in [1.29, 1.82) is 0 Å². The van der Waals surface area contributed by atoms with E-state index in [0.29, 0.717) is 18.5 Å². The Morgan fingerprint density at radius 2 is 2.05 bits per heavy atom. The highest BCUT2D eigenvalue weighted by molar-refractivity contribution is 14.0. The van der Waals surface area contributed by atoms with Crippen molar-refractivity contribution in [3.63, 3.8) is 0 Å². The second-order valence-electron chi connectivity index (χ2n) is 3.90. The van der Waals surface area contributed by atoms with Crippen LogP contribution in [0.25, 0.3) is 0 Å². The molecule has 20 heavy (non-hydrogen) atoms. The number of thioether (sulfide) groups is 1. The Balaban J connectivity index is 0.00000361. The van der Waals surface area contributed by atoms with Gasteiger partial charge in [-0.25, -0.2) is 4.39 Å². The molecule has 0 atom stereocenters. The van der Waals surface area contributed by atoms with Crippen LogP contribution in [-0.4, -0.2) is 38.1 Å². The Morgan fingerprint density at radius 1 is 1.35 bits per heavy atom. The van der Waals surface area contributed by atoms with Gasteiger partial charge in [0, 0.05) is 30.4 Å². The molecule has 0 heterocycles.